The van der Waals surface area contributed by atoms with E-state index in [9.17, 15) is 4.39 Å². The summed E-state index contributed by atoms with van der Waals surface area (Å²) in [7, 11) is 0. The molecule has 0 saturated carbocycles. The van der Waals surface area contributed by atoms with Crippen LogP contribution < -0.4 is 0 Å². The van der Waals surface area contributed by atoms with Crippen LogP contribution in [0.3, 0.4) is 0 Å². The first kappa shape index (κ1) is 14.0. The lowest BCUT2D eigenvalue weighted by Gasteiger charge is -2.29. The van der Waals surface area contributed by atoms with Crippen molar-refractivity contribution in [1.29, 1.82) is 0 Å². The highest BCUT2D eigenvalue weighted by atomic mass is 127. The molecule has 1 aromatic heterocycles. The fraction of sp³-hybridized carbons (Fsp3) is 0.462. The summed E-state index contributed by atoms with van der Waals surface area (Å²) >= 11 is 7.40. The fourth-order valence-electron chi connectivity index (χ4n) is 2.20. The number of fused-ring (bicyclic) bond motifs is 1. The molecule has 0 atom stereocenters. The first-order valence-electron chi connectivity index (χ1n) is 6.03. The minimum atomic E-state index is -0.194. The Kier molecular flexibility index (Phi) is 3.82. The lowest BCUT2D eigenvalue weighted by molar-refractivity contribution is 0.299. The lowest BCUT2D eigenvalue weighted by atomic mass is 9.95. The van der Waals surface area contributed by atoms with Crippen molar-refractivity contribution in [1.82, 2.24) is 9.55 Å². The molecule has 98 valence electrons. The van der Waals surface area contributed by atoms with Crippen molar-refractivity contribution in [2.24, 2.45) is 0 Å². The van der Waals surface area contributed by atoms with Gasteiger partial charge >= 0.3 is 0 Å². The number of rotatable bonds is 3. The zero-order chi connectivity index (χ0) is 13.5. The number of hydrogen-bond donors (Lipinski definition) is 1. The van der Waals surface area contributed by atoms with Crippen molar-refractivity contribution in [2.45, 2.75) is 39.2 Å². The van der Waals surface area contributed by atoms with Gasteiger partial charge in [0.25, 0.3) is 0 Å². The Labute approximate surface area is 125 Å². The fourth-order valence-corrected chi connectivity index (χ4v) is 3.10. The molecule has 2 nitrogen and oxygen atoms in total. The molecule has 2 aromatic rings. The largest absolute Gasteiger partial charge is 0.331 e. The van der Waals surface area contributed by atoms with Crippen LogP contribution in [-0.2, 0) is 5.54 Å². The minimum absolute atomic E-state index is 0.0748. The van der Waals surface area contributed by atoms with E-state index in [1.165, 1.54) is 0 Å². The van der Waals surface area contributed by atoms with Gasteiger partial charge in [0.05, 0.1) is 14.6 Å². The molecule has 18 heavy (non-hydrogen) atoms. The number of aromatic nitrogens is 2. The lowest BCUT2D eigenvalue weighted by Crippen LogP contribution is -2.28. The highest BCUT2D eigenvalue weighted by Crippen LogP contribution is 2.31. The SMILES string of the molecule is CCC(C)(CC)n1c(=S)[nH]c2cc(I)c(F)cc21. The first-order valence-corrected chi connectivity index (χ1v) is 7.52. The second-order valence-electron chi connectivity index (χ2n) is 4.75. The van der Waals surface area contributed by atoms with Crippen LogP contribution in [0.4, 0.5) is 4.39 Å². The van der Waals surface area contributed by atoms with Gasteiger partial charge in [-0.25, -0.2) is 4.39 Å². The van der Waals surface area contributed by atoms with Crippen molar-refractivity contribution in [3.63, 3.8) is 0 Å². The molecular formula is C13H16FIN2S. The van der Waals surface area contributed by atoms with Gasteiger partial charge in [0.1, 0.15) is 5.82 Å². The number of nitrogens with one attached hydrogen (secondary N) is 1. The second-order valence-corrected chi connectivity index (χ2v) is 6.30. The van der Waals surface area contributed by atoms with Crippen molar-refractivity contribution >= 4 is 45.8 Å². The second kappa shape index (κ2) is 4.92. The maximum absolute atomic E-state index is 13.8. The number of imidazole rings is 1. The molecule has 0 aliphatic heterocycles. The van der Waals surface area contributed by atoms with Crippen molar-refractivity contribution in [3.8, 4) is 0 Å². The molecule has 0 radical (unpaired) electrons. The Bertz CT molecular complexity index is 640. The third-order valence-corrected chi connectivity index (χ3v) is 4.90. The number of halogens is 2. The molecular weight excluding hydrogens is 362 g/mol. The molecule has 5 heteroatoms. The summed E-state index contributed by atoms with van der Waals surface area (Å²) in [5.74, 6) is -0.194. The Hall–Kier alpha value is -0.430. The molecule has 0 fully saturated rings. The van der Waals surface area contributed by atoms with Crippen LogP contribution in [0.1, 0.15) is 33.6 Å². The quantitative estimate of drug-likeness (QED) is 0.590. The number of benzene rings is 1. The molecule has 0 amide bonds. The normalized spacial score (nSPS) is 12.3. The summed E-state index contributed by atoms with van der Waals surface area (Å²) in [4.78, 5) is 3.18. The third-order valence-electron chi connectivity index (χ3n) is 3.79. The standard InChI is InChI=1S/C13H16FIN2S/c1-4-13(3,5-2)17-11-6-8(14)9(15)7-10(11)16-12(17)18/h6-7H,4-5H2,1-3H3,(H,16,18). The third kappa shape index (κ3) is 2.11. The molecule has 1 aromatic carbocycles. The number of H-pyrrole nitrogens is 1. The molecule has 0 bridgehead atoms. The predicted molar refractivity (Wildman–Crippen MR) is 84.0 cm³/mol. The van der Waals surface area contributed by atoms with Gasteiger partial charge in [0.15, 0.2) is 4.77 Å². The zero-order valence-electron chi connectivity index (χ0n) is 10.7. The van der Waals surface area contributed by atoms with E-state index in [0.717, 1.165) is 23.9 Å². The average molecular weight is 378 g/mol. The van der Waals surface area contributed by atoms with E-state index >= 15 is 0 Å². The average Bonchev–Trinajstić information content (AvgIpc) is 2.65. The Morgan fingerprint density at radius 1 is 1.39 bits per heavy atom. The number of aromatic amines is 1. The van der Waals surface area contributed by atoms with E-state index in [1.54, 1.807) is 6.07 Å². The Morgan fingerprint density at radius 3 is 2.56 bits per heavy atom. The summed E-state index contributed by atoms with van der Waals surface area (Å²) in [6.45, 7) is 6.42. The van der Waals surface area contributed by atoms with Gasteiger partial charge in [0, 0.05) is 11.6 Å². The Balaban J connectivity index is 2.83. The highest BCUT2D eigenvalue weighted by Gasteiger charge is 2.25. The highest BCUT2D eigenvalue weighted by molar-refractivity contribution is 14.1. The van der Waals surface area contributed by atoms with Crippen LogP contribution in [0.2, 0.25) is 0 Å². The van der Waals surface area contributed by atoms with Gasteiger partial charge in [-0.15, -0.1) is 0 Å². The molecule has 0 aliphatic rings. The van der Waals surface area contributed by atoms with Crippen LogP contribution in [0.25, 0.3) is 11.0 Å². The van der Waals surface area contributed by atoms with Gasteiger partial charge in [0.2, 0.25) is 0 Å². The van der Waals surface area contributed by atoms with Crippen LogP contribution >= 0.6 is 34.8 Å². The smallest absolute Gasteiger partial charge is 0.178 e. The van der Waals surface area contributed by atoms with Gasteiger partial charge < -0.3 is 9.55 Å². The van der Waals surface area contributed by atoms with Crippen molar-refractivity contribution in [2.75, 3.05) is 0 Å². The topological polar surface area (TPSA) is 20.7 Å². The molecule has 0 unspecified atom stereocenters. The van der Waals surface area contributed by atoms with Gasteiger partial charge in [-0.1, -0.05) is 13.8 Å². The molecule has 0 saturated heterocycles. The van der Waals surface area contributed by atoms with E-state index in [-0.39, 0.29) is 11.4 Å². The van der Waals surface area contributed by atoms with Gasteiger partial charge in [-0.05, 0) is 60.6 Å². The van der Waals surface area contributed by atoms with E-state index in [1.807, 2.05) is 28.7 Å². The number of hydrogen-bond acceptors (Lipinski definition) is 1. The summed E-state index contributed by atoms with van der Waals surface area (Å²) in [6, 6.07) is 3.39. The van der Waals surface area contributed by atoms with Gasteiger partial charge in [-0.3, -0.25) is 0 Å². The molecule has 0 spiro atoms. The first-order chi connectivity index (χ1) is 8.42. The summed E-state index contributed by atoms with van der Waals surface area (Å²) in [5.41, 5.74) is 1.68. The van der Waals surface area contributed by atoms with Crippen LogP contribution in [-0.4, -0.2) is 9.55 Å². The monoisotopic (exact) mass is 378 g/mol. The van der Waals surface area contributed by atoms with E-state index in [4.69, 9.17) is 12.2 Å². The molecule has 1 heterocycles. The zero-order valence-corrected chi connectivity index (χ0v) is 13.7. The van der Waals surface area contributed by atoms with Crippen molar-refractivity contribution < 1.29 is 4.39 Å². The minimum Gasteiger partial charge on any atom is -0.331 e. The van der Waals surface area contributed by atoms with Crippen molar-refractivity contribution in [3.05, 3.63) is 26.3 Å². The van der Waals surface area contributed by atoms with E-state index in [2.05, 4.69) is 30.3 Å². The van der Waals surface area contributed by atoms with Crippen LogP contribution in [0, 0.1) is 14.2 Å². The molecule has 1 N–H and O–H groups in total. The maximum Gasteiger partial charge on any atom is 0.178 e. The summed E-state index contributed by atoms with van der Waals surface area (Å²) in [5, 5.41) is 0. The van der Waals surface area contributed by atoms with Crippen LogP contribution in [0.15, 0.2) is 12.1 Å². The van der Waals surface area contributed by atoms with Gasteiger partial charge in [-0.2, -0.15) is 0 Å². The van der Waals surface area contributed by atoms with E-state index < -0.39 is 0 Å². The van der Waals surface area contributed by atoms with Crippen LogP contribution in [0.5, 0.6) is 0 Å². The summed E-state index contributed by atoms with van der Waals surface area (Å²) < 4.78 is 17.1. The van der Waals surface area contributed by atoms with E-state index in [0.29, 0.717) is 8.34 Å². The molecule has 2 rings (SSSR count). The maximum atomic E-state index is 13.8. The Morgan fingerprint density at radius 2 is 2.00 bits per heavy atom. The number of nitrogens with zero attached hydrogens (tertiary/aromatic N) is 1. The molecule has 0 aliphatic carbocycles. The summed E-state index contributed by atoms with van der Waals surface area (Å²) in [6.07, 6.45) is 1.91. The predicted octanol–water partition coefficient (Wildman–Crippen LogP) is 4.98.